The molecule has 0 saturated carbocycles. The number of hydrogen-bond acceptors (Lipinski definition) is 4. The van der Waals surface area contributed by atoms with Crippen LogP contribution >= 0.6 is 0 Å². The monoisotopic (exact) mass is 252 g/mol. The van der Waals surface area contributed by atoms with E-state index in [4.69, 9.17) is 4.74 Å². The average molecular weight is 252 g/mol. The molecule has 0 aromatic heterocycles. The molecule has 16 heavy (non-hydrogen) atoms. The van der Waals surface area contributed by atoms with Crippen molar-refractivity contribution in [3.63, 3.8) is 0 Å². The minimum Gasteiger partial charge on any atom is -0.383 e. The van der Waals surface area contributed by atoms with Crippen LogP contribution in [0.15, 0.2) is 0 Å². The molecule has 0 heterocycles. The van der Waals surface area contributed by atoms with E-state index in [9.17, 15) is 8.42 Å². The number of methoxy groups -OCH3 is 1. The predicted molar refractivity (Wildman–Crippen MR) is 66.0 cm³/mol. The number of ether oxygens (including phenoxy) is 1. The van der Waals surface area contributed by atoms with Crippen LogP contribution in [0.4, 0.5) is 0 Å². The highest BCUT2D eigenvalue weighted by molar-refractivity contribution is 7.89. The van der Waals surface area contributed by atoms with Crippen molar-refractivity contribution in [1.29, 1.82) is 0 Å². The van der Waals surface area contributed by atoms with E-state index >= 15 is 0 Å². The van der Waals surface area contributed by atoms with E-state index in [1.54, 1.807) is 14.0 Å². The quantitative estimate of drug-likeness (QED) is 0.575. The van der Waals surface area contributed by atoms with Gasteiger partial charge >= 0.3 is 0 Å². The lowest BCUT2D eigenvalue weighted by Crippen LogP contribution is -2.42. The first kappa shape index (κ1) is 15.8. The van der Waals surface area contributed by atoms with Crippen molar-refractivity contribution in [1.82, 2.24) is 10.0 Å². The van der Waals surface area contributed by atoms with Crippen LogP contribution in [-0.4, -0.2) is 47.0 Å². The summed E-state index contributed by atoms with van der Waals surface area (Å²) in [5.74, 6) is 0.585. The zero-order chi connectivity index (χ0) is 12.6. The first-order valence-electron chi connectivity index (χ1n) is 5.62. The van der Waals surface area contributed by atoms with Crippen molar-refractivity contribution in [3.05, 3.63) is 0 Å². The minimum atomic E-state index is -3.07. The maximum Gasteiger partial charge on any atom is 0.211 e. The fraction of sp³-hybridized carbons (Fsp3) is 1.00. The Kier molecular flexibility index (Phi) is 7.91. The molecule has 0 amide bonds. The third-order valence-corrected chi connectivity index (χ3v) is 3.79. The molecule has 5 nitrogen and oxygen atoms in total. The van der Waals surface area contributed by atoms with Crippen molar-refractivity contribution in [3.8, 4) is 0 Å². The van der Waals surface area contributed by atoms with Crippen LogP contribution in [-0.2, 0) is 14.8 Å². The van der Waals surface area contributed by atoms with Crippen LogP contribution in [0.3, 0.4) is 0 Å². The molecule has 0 saturated heterocycles. The fourth-order valence-corrected chi connectivity index (χ4v) is 1.85. The summed E-state index contributed by atoms with van der Waals surface area (Å²) >= 11 is 0. The first-order chi connectivity index (χ1) is 7.43. The summed E-state index contributed by atoms with van der Waals surface area (Å²) in [7, 11) is -1.41. The lowest BCUT2D eigenvalue weighted by molar-refractivity contribution is 0.147. The number of sulfonamides is 1. The van der Waals surface area contributed by atoms with Crippen LogP contribution in [0, 0.1) is 5.92 Å². The van der Waals surface area contributed by atoms with Gasteiger partial charge in [-0.05, 0) is 12.8 Å². The largest absolute Gasteiger partial charge is 0.383 e. The predicted octanol–water partition coefficient (Wildman–Crippen LogP) is 0.186. The second-order valence-corrected chi connectivity index (χ2v) is 6.15. The Morgan fingerprint density at radius 1 is 1.25 bits per heavy atom. The molecule has 0 radical (unpaired) electrons. The number of rotatable bonds is 9. The van der Waals surface area contributed by atoms with Gasteiger partial charge in [-0.25, -0.2) is 13.1 Å². The van der Waals surface area contributed by atoms with E-state index in [-0.39, 0.29) is 11.8 Å². The van der Waals surface area contributed by atoms with Crippen molar-refractivity contribution in [2.45, 2.75) is 26.8 Å². The molecule has 2 N–H and O–H groups in total. The second-order valence-electron chi connectivity index (χ2n) is 4.06. The van der Waals surface area contributed by atoms with E-state index in [0.717, 1.165) is 0 Å². The van der Waals surface area contributed by atoms with Crippen molar-refractivity contribution in [2.75, 3.05) is 32.6 Å². The summed E-state index contributed by atoms with van der Waals surface area (Å²) in [4.78, 5) is 0. The van der Waals surface area contributed by atoms with Gasteiger partial charge in [0.15, 0.2) is 0 Å². The van der Waals surface area contributed by atoms with Gasteiger partial charge in [0, 0.05) is 26.2 Å². The van der Waals surface area contributed by atoms with E-state index < -0.39 is 10.0 Å². The Morgan fingerprint density at radius 3 is 2.31 bits per heavy atom. The molecule has 0 aromatic rings. The minimum absolute atomic E-state index is 0.124. The van der Waals surface area contributed by atoms with Gasteiger partial charge in [0.05, 0.1) is 12.4 Å². The normalized spacial score (nSPS) is 14.3. The third-order valence-electron chi connectivity index (χ3n) is 2.38. The van der Waals surface area contributed by atoms with Gasteiger partial charge in [-0.3, -0.25) is 0 Å². The summed E-state index contributed by atoms with van der Waals surface area (Å²) in [5.41, 5.74) is 0. The number of hydrogen-bond donors (Lipinski definition) is 2. The molecule has 0 rings (SSSR count). The first-order valence-corrected chi connectivity index (χ1v) is 7.27. The van der Waals surface area contributed by atoms with Gasteiger partial charge in [0.1, 0.15) is 0 Å². The van der Waals surface area contributed by atoms with Crippen LogP contribution in [0.25, 0.3) is 0 Å². The molecule has 0 bridgehead atoms. The van der Waals surface area contributed by atoms with Gasteiger partial charge in [-0.2, -0.15) is 0 Å². The molecule has 0 aliphatic carbocycles. The summed E-state index contributed by atoms with van der Waals surface area (Å²) in [5, 5.41) is 3.26. The van der Waals surface area contributed by atoms with E-state index in [2.05, 4.69) is 23.9 Å². The Labute approximate surface area is 99.0 Å². The molecular weight excluding hydrogens is 228 g/mol. The second kappa shape index (κ2) is 8.00. The third kappa shape index (κ3) is 7.16. The molecule has 0 fully saturated rings. The molecular formula is C10H24N2O3S. The summed E-state index contributed by atoms with van der Waals surface area (Å²) in [6.07, 6.45) is 0. The molecule has 6 heteroatoms. The van der Waals surface area contributed by atoms with Gasteiger partial charge in [-0.15, -0.1) is 0 Å². The Hall–Kier alpha value is -0.170. The standard InChI is InChI=1S/C10H24N2O3S/c1-5-16(13,14)12-7-6-11-10(8-15-4)9(2)3/h9-12H,5-8H2,1-4H3. The highest BCUT2D eigenvalue weighted by Gasteiger charge is 2.12. The average Bonchev–Trinajstić information content (AvgIpc) is 2.22. The molecule has 1 atom stereocenters. The highest BCUT2D eigenvalue weighted by atomic mass is 32.2. The molecule has 0 aliphatic heterocycles. The fourth-order valence-electron chi connectivity index (χ4n) is 1.23. The molecule has 0 aliphatic rings. The van der Waals surface area contributed by atoms with E-state index in [1.165, 1.54) is 0 Å². The highest BCUT2D eigenvalue weighted by Crippen LogP contribution is 2.00. The van der Waals surface area contributed by atoms with Crippen LogP contribution in [0.1, 0.15) is 20.8 Å². The topological polar surface area (TPSA) is 67.4 Å². The van der Waals surface area contributed by atoms with Gasteiger partial charge in [0.25, 0.3) is 0 Å². The van der Waals surface area contributed by atoms with Crippen molar-refractivity contribution >= 4 is 10.0 Å². The van der Waals surface area contributed by atoms with Gasteiger partial charge in [0.2, 0.25) is 10.0 Å². The van der Waals surface area contributed by atoms with Crippen molar-refractivity contribution < 1.29 is 13.2 Å². The summed E-state index contributed by atoms with van der Waals surface area (Å²) < 4.78 is 29.9. The van der Waals surface area contributed by atoms with E-state index in [1.807, 2.05) is 0 Å². The SMILES string of the molecule is CCS(=O)(=O)NCCNC(COC)C(C)C. The van der Waals surface area contributed by atoms with Crippen LogP contribution in [0.5, 0.6) is 0 Å². The van der Waals surface area contributed by atoms with Crippen molar-refractivity contribution in [2.24, 2.45) is 5.92 Å². The zero-order valence-electron chi connectivity index (χ0n) is 10.6. The summed E-state index contributed by atoms with van der Waals surface area (Å²) in [6.45, 7) is 7.50. The Balaban J connectivity index is 3.79. The Bertz CT molecular complexity index is 265. The zero-order valence-corrected chi connectivity index (χ0v) is 11.4. The Morgan fingerprint density at radius 2 is 1.88 bits per heavy atom. The number of nitrogens with one attached hydrogen (secondary N) is 2. The molecule has 0 spiro atoms. The molecule has 98 valence electrons. The summed E-state index contributed by atoms with van der Waals surface area (Å²) in [6, 6.07) is 0.260. The van der Waals surface area contributed by atoms with Crippen LogP contribution < -0.4 is 10.0 Å². The maximum atomic E-state index is 11.1. The lowest BCUT2D eigenvalue weighted by Gasteiger charge is -2.21. The van der Waals surface area contributed by atoms with Crippen LogP contribution in [0.2, 0.25) is 0 Å². The van der Waals surface area contributed by atoms with Gasteiger partial charge in [-0.1, -0.05) is 13.8 Å². The van der Waals surface area contributed by atoms with E-state index in [0.29, 0.717) is 25.6 Å². The molecule has 1 unspecified atom stereocenters. The van der Waals surface area contributed by atoms with Gasteiger partial charge < -0.3 is 10.1 Å². The lowest BCUT2D eigenvalue weighted by atomic mass is 10.1. The smallest absolute Gasteiger partial charge is 0.211 e. The maximum absolute atomic E-state index is 11.1. The molecule has 0 aromatic carbocycles.